The third kappa shape index (κ3) is 3.04. The van der Waals surface area contributed by atoms with Crippen LogP contribution in [-0.4, -0.2) is 5.11 Å². The van der Waals surface area contributed by atoms with E-state index in [0.29, 0.717) is 20.1 Å². The maximum absolute atomic E-state index is 13.7. The molecule has 1 nitrogen and oxygen atoms in total. The topological polar surface area (TPSA) is 20.2 Å². The summed E-state index contributed by atoms with van der Waals surface area (Å²) in [6, 6.07) is 9.04. The molecule has 94 valence electrons. The van der Waals surface area contributed by atoms with Crippen LogP contribution >= 0.6 is 39.1 Å². The predicted octanol–water partition coefficient (Wildman–Crippen LogP) is 4.98. The zero-order valence-corrected chi connectivity index (χ0v) is 12.1. The molecule has 0 spiro atoms. The fourth-order valence-corrected chi connectivity index (χ4v) is 2.56. The van der Waals surface area contributed by atoms with Crippen LogP contribution in [0.3, 0.4) is 0 Å². The molecule has 1 N–H and O–H groups in total. The zero-order chi connectivity index (χ0) is 13.3. The van der Waals surface area contributed by atoms with E-state index in [4.69, 9.17) is 23.2 Å². The second-order valence-electron chi connectivity index (χ2n) is 3.77. The fraction of sp³-hybridized carbons (Fsp3) is 0.0769. The lowest BCUT2D eigenvalue weighted by Gasteiger charge is -2.13. The molecule has 0 saturated carbocycles. The van der Waals surface area contributed by atoms with Gasteiger partial charge in [-0.05, 0) is 42.0 Å². The molecule has 0 amide bonds. The third-order valence-electron chi connectivity index (χ3n) is 2.45. The maximum atomic E-state index is 13.7. The summed E-state index contributed by atoms with van der Waals surface area (Å²) >= 11 is 14.9. The van der Waals surface area contributed by atoms with Crippen molar-refractivity contribution in [2.24, 2.45) is 0 Å². The molecule has 1 atom stereocenters. The number of halogens is 4. The van der Waals surface area contributed by atoms with E-state index in [2.05, 4.69) is 15.9 Å². The Morgan fingerprint density at radius 2 is 1.67 bits per heavy atom. The lowest BCUT2D eigenvalue weighted by molar-refractivity contribution is 0.215. The van der Waals surface area contributed by atoms with E-state index >= 15 is 0 Å². The molecule has 0 aliphatic rings. The van der Waals surface area contributed by atoms with E-state index in [1.807, 2.05) is 0 Å². The van der Waals surface area contributed by atoms with Gasteiger partial charge in [0.05, 0.1) is 0 Å². The Hall–Kier alpha value is -0.610. The van der Waals surface area contributed by atoms with E-state index in [1.54, 1.807) is 24.3 Å². The summed E-state index contributed by atoms with van der Waals surface area (Å²) in [5.41, 5.74) is 0.618. The van der Waals surface area contributed by atoms with Crippen LogP contribution in [-0.2, 0) is 0 Å². The molecule has 0 bridgehead atoms. The van der Waals surface area contributed by atoms with Gasteiger partial charge in [-0.3, -0.25) is 0 Å². The lowest BCUT2D eigenvalue weighted by atomic mass is 10.0. The normalized spacial score (nSPS) is 12.5. The van der Waals surface area contributed by atoms with Crippen molar-refractivity contribution >= 4 is 39.1 Å². The number of aliphatic hydroxyl groups excluding tert-OH is 1. The van der Waals surface area contributed by atoms with Crippen molar-refractivity contribution in [2.75, 3.05) is 0 Å². The smallest absolute Gasteiger partial charge is 0.129 e. The summed E-state index contributed by atoms with van der Waals surface area (Å²) < 4.78 is 14.3. The first-order valence-corrected chi connectivity index (χ1v) is 6.61. The summed E-state index contributed by atoms with van der Waals surface area (Å²) in [5, 5.41) is 11.0. The van der Waals surface area contributed by atoms with Crippen molar-refractivity contribution < 1.29 is 9.50 Å². The molecule has 2 aromatic carbocycles. The van der Waals surface area contributed by atoms with E-state index in [1.165, 1.54) is 12.1 Å². The SMILES string of the molecule is OC(c1cc(Cl)cc(Cl)c1)c1cc(Br)ccc1F. The number of benzene rings is 2. The number of aliphatic hydroxyl groups is 1. The summed E-state index contributed by atoms with van der Waals surface area (Å²) in [4.78, 5) is 0. The molecule has 0 aromatic heterocycles. The van der Waals surface area contributed by atoms with E-state index in [0.717, 1.165) is 0 Å². The van der Waals surface area contributed by atoms with Gasteiger partial charge in [-0.2, -0.15) is 0 Å². The Morgan fingerprint density at radius 3 is 2.28 bits per heavy atom. The first kappa shape index (κ1) is 13.8. The minimum absolute atomic E-state index is 0.169. The highest BCUT2D eigenvalue weighted by atomic mass is 79.9. The highest BCUT2D eigenvalue weighted by Gasteiger charge is 2.16. The van der Waals surface area contributed by atoms with Gasteiger partial charge < -0.3 is 5.11 Å². The van der Waals surface area contributed by atoms with Crippen LogP contribution in [0.1, 0.15) is 17.2 Å². The first-order valence-electron chi connectivity index (χ1n) is 5.06. The van der Waals surface area contributed by atoms with Gasteiger partial charge in [0.2, 0.25) is 0 Å². The molecule has 0 fully saturated rings. The van der Waals surface area contributed by atoms with Gasteiger partial charge in [-0.1, -0.05) is 39.1 Å². The lowest BCUT2D eigenvalue weighted by Crippen LogP contribution is -2.02. The minimum Gasteiger partial charge on any atom is -0.384 e. The minimum atomic E-state index is -1.11. The average molecular weight is 350 g/mol. The molecule has 5 heteroatoms. The molecule has 2 aromatic rings. The quantitative estimate of drug-likeness (QED) is 0.810. The van der Waals surface area contributed by atoms with Crippen LogP contribution in [0.25, 0.3) is 0 Å². The molecule has 0 heterocycles. The number of hydrogen-bond acceptors (Lipinski definition) is 1. The zero-order valence-electron chi connectivity index (χ0n) is 9.00. The van der Waals surface area contributed by atoms with Crippen LogP contribution in [0.5, 0.6) is 0 Å². The summed E-state index contributed by atoms with van der Waals surface area (Å²) in [6.45, 7) is 0. The standard InChI is InChI=1S/C13H8BrCl2FO/c14-8-1-2-12(17)11(5-8)13(18)7-3-9(15)6-10(16)4-7/h1-6,13,18H. The van der Waals surface area contributed by atoms with Crippen LogP contribution in [0, 0.1) is 5.82 Å². The monoisotopic (exact) mass is 348 g/mol. The molecule has 0 saturated heterocycles. The summed E-state index contributed by atoms with van der Waals surface area (Å²) in [6.07, 6.45) is -1.11. The Morgan fingerprint density at radius 1 is 1.06 bits per heavy atom. The van der Waals surface area contributed by atoms with Crippen LogP contribution in [0.4, 0.5) is 4.39 Å². The predicted molar refractivity (Wildman–Crippen MR) is 74.6 cm³/mol. The second-order valence-corrected chi connectivity index (χ2v) is 5.56. The Kier molecular flexibility index (Phi) is 4.28. The number of rotatable bonds is 2. The Labute approximate surface area is 122 Å². The molecule has 2 rings (SSSR count). The molecule has 0 aliphatic heterocycles. The maximum Gasteiger partial charge on any atom is 0.129 e. The van der Waals surface area contributed by atoms with Crippen molar-refractivity contribution in [3.05, 3.63) is 67.9 Å². The summed E-state index contributed by atoms with van der Waals surface area (Å²) in [5.74, 6) is -0.484. The van der Waals surface area contributed by atoms with Gasteiger partial charge in [-0.15, -0.1) is 0 Å². The molecular formula is C13H8BrCl2FO. The molecule has 0 radical (unpaired) electrons. The largest absolute Gasteiger partial charge is 0.384 e. The average Bonchev–Trinajstić information content (AvgIpc) is 2.30. The molecule has 18 heavy (non-hydrogen) atoms. The highest BCUT2D eigenvalue weighted by molar-refractivity contribution is 9.10. The van der Waals surface area contributed by atoms with Crippen molar-refractivity contribution in [3.8, 4) is 0 Å². The van der Waals surface area contributed by atoms with E-state index in [9.17, 15) is 9.50 Å². The highest BCUT2D eigenvalue weighted by Crippen LogP contribution is 2.30. The van der Waals surface area contributed by atoms with Crippen LogP contribution < -0.4 is 0 Å². The molecule has 0 aliphatic carbocycles. The first-order chi connectivity index (χ1) is 8.47. The van der Waals surface area contributed by atoms with Gasteiger partial charge >= 0.3 is 0 Å². The third-order valence-corrected chi connectivity index (χ3v) is 3.38. The van der Waals surface area contributed by atoms with Crippen molar-refractivity contribution in [3.63, 3.8) is 0 Å². The molecular weight excluding hydrogens is 342 g/mol. The van der Waals surface area contributed by atoms with E-state index < -0.39 is 11.9 Å². The van der Waals surface area contributed by atoms with Gasteiger partial charge in [0.1, 0.15) is 11.9 Å². The van der Waals surface area contributed by atoms with Gasteiger partial charge in [0, 0.05) is 20.1 Å². The van der Waals surface area contributed by atoms with Gasteiger partial charge in [-0.25, -0.2) is 4.39 Å². The van der Waals surface area contributed by atoms with E-state index in [-0.39, 0.29) is 5.56 Å². The van der Waals surface area contributed by atoms with Crippen molar-refractivity contribution in [2.45, 2.75) is 6.10 Å². The van der Waals surface area contributed by atoms with Gasteiger partial charge in [0.15, 0.2) is 0 Å². The van der Waals surface area contributed by atoms with Gasteiger partial charge in [0.25, 0.3) is 0 Å². The molecule has 1 unspecified atom stereocenters. The van der Waals surface area contributed by atoms with Crippen LogP contribution in [0.15, 0.2) is 40.9 Å². The van der Waals surface area contributed by atoms with Crippen molar-refractivity contribution in [1.82, 2.24) is 0 Å². The van der Waals surface area contributed by atoms with Crippen molar-refractivity contribution in [1.29, 1.82) is 0 Å². The Bertz CT molecular complexity index is 569. The second kappa shape index (κ2) is 5.57. The number of hydrogen-bond donors (Lipinski definition) is 1. The Balaban J connectivity index is 2.47. The fourth-order valence-electron chi connectivity index (χ4n) is 1.64. The summed E-state index contributed by atoms with van der Waals surface area (Å²) in [7, 11) is 0. The van der Waals surface area contributed by atoms with Crippen LogP contribution in [0.2, 0.25) is 10.0 Å².